The van der Waals surface area contributed by atoms with E-state index in [1.165, 1.54) is 5.01 Å². The number of ether oxygens (including phenoxy) is 2. The van der Waals surface area contributed by atoms with E-state index < -0.39 is 0 Å². The molecule has 1 amide bonds. The van der Waals surface area contributed by atoms with Crippen molar-refractivity contribution in [2.24, 2.45) is 10.8 Å². The zero-order valence-electron chi connectivity index (χ0n) is 21.5. The summed E-state index contributed by atoms with van der Waals surface area (Å²) >= 11 is 0. The number of nitrogens with zero attached hydrogens (tertiary/aromatic N) is 2. The number of amides is 1. The highest BCUT2D eigenvalue weighted by atomic mass is 16.5. The highest BCUT2D eigenvalue weighted by Crippen LogP contribution is 2.23. The molecular formula is C29H36N4O3. The SMILES string of the molecule is Cc1cc(C2=NN(Cc3ccc(C(C)NC4C=CC=CC4N)cc3)C(=O)CCO2)ccc1OC(C)C. The summed E-state index contributed by atoms with van der Waals surface area (Å²) < 4.78 is 11.7. The summed E-state index contributed by atoms with van der Waals surface area (Å²) in [7, 11) is 0. The van der Waals surface area contributed by atoms with Gasteiger partial charge in [-0.1, -0.05) is 48.6 Å². The molecule has 3 unspecified atom stereocenters. The number of aryl methyl sites for hydroxylation is 1. The molecule has 0 bridgehead atoms. The number of allylic oxidation sites excluding steroid dienone is 2. The number of rotatable bonds is 8. The predicted molar refractivity (Wildman–Crippen MR) is 143 cm³/mol. The fourth-order valence-electron chi connectivity index (χ4n) is 4.25. The van der Waals surface area contributed by atoms with E-state index in [0.717, 1.165) is 28.0 Å². The van der Waals surface area contributed by atoms with Gasteiger partial charge < -0.3 is 20.5 Å². The number of nitrogens with two attached hydrogens (primary N) is 1. The van der Waals surface area contributed by atoms with Crippen molar-refractivity contribution in [1.82, 2.24) is 10.3 Å². The molecule has 2 aliphatic rings. The van der Waals surface area contributed by atoms with Gasteiger partial charge in [-0.15, -0.1) is 5.10 Å². The van der Waals surface area contributed by atoms with Crippen molar-refractivity contribution < 1.29 is 14.3 Å². The summed E-state index contributed by atoms with van der Waals surface area (Å²) in [5.74, 6) is 1.21. The molecule has 7 nitrogen and oxygen atoms in total. The van der Waals surface area contributed by atoms with Gasteiger partial charge in [0, 0.05) is 23.7 Å². The zero-order valence-corrected chi connectivity index (χ0v) is 21.5. The number of carbonyl (C=O) groups is 1. The fourth-order valence-corrected chi connectivity index (χ4v) is 4.25. The molecule has 3 atom stereocenters. The summed E-state index contributed by atoms with van der Waals surface area (Å²) in [5.41, 5.74) is 10.2. The van der Waals surface area contributed by atoms with Gasteiger partial charge in [-0.05, 0) is 62.6 Å². The van der Waals surface area contributed by atoms with Crippen LogP contribution in [0.5, 0.6) is 5.75 Å². The molecule has 1 aliphatic heterocycles. The first-order valence-electron chi connectivity index (χ1n) is 12.5. The average Bonchev–Trinajstić information content (AvgIpc) is 3.03. The molecule has 0 spiro atoms. The maximum atomic E-state index is 12.8. The Balaban J connectivity index is 1.46. The first-order valence-corrected chi connectivity index (χ1v) is 12.5. The maximum Gasteiger partial charge on any atom is 0.246 e. The number of nitrogens with one attached hydrogen (secondary N) is 1. The van der Waals surface area contributed by atoms with E-state index in [4.69, 9.17) is 15.2 Å². The van der Waals surface area contributed by atoms with Crippen LogP contribution in [0.1, 0.15) is 55.5 Å². The van der Waals surface area contributed by atoms with Crippen LogP contribution in [-0.2, 0) is 16.1 Å². The molecule has 1 heterocycles. The number of benzene rings is 2. The Morgan fingerprint density at radius 1 is 1.14 bits per heavy atom. The first kappa shape index (κ1) is 25.7. The van der Waals surface area contributed by atoms with Crippen LogP contribution in [0.3, 0.4) is 0 Å². The van der Waals surface area contributed by atoms with Gasteiger partial charge in [-0.3, -0.25) is 4.79 Å². The average molecular weight is 489 g/mol. The Morgan fingerprint density at radius 2 is 1.89 bits per heavy atom. The van der Waals surface area contributed by atoms with Crippen LogP contribution in [-0.4, -0.2) is 41.6 Å². The van der Waals surface area contributed by atoms with Gasteiger partial charge >= 0.3 is 0 Å². The molecule has 4 rings (SSSR count). The second-order valence-corrected chi connectivity index (χ2v) is 9.60. The monoisotopic (exact) mass is 488 g/mol. The smallest absolute Gasteiger partial charge is 0.246 e. The number of hydrazone groups is 1. The molecule has 2 aromatic rings. The molecule has 1 aliphatic carbocycles. The molecule has 0 saturated heterocycles. The molecule has 0 fully saturated rings. The van der Waals surface area contributed by atoms with E-state index in [9.17, 15) is 4.79 Å². The lowest BCUT2D eigenvalue weighted by atomic mass is 10.0. The van der Waals surface area contributed by atoms with Gasteiger partial charge in [-0.25, -0.2) is 5.01 Å². The van der Waals surface area contributed by atoms with E-state index in [-0.39, 0.29) is 36.6 Å². The van der Waals surface area contributed by atoms with E-state index in [2.05, 4.69) is 35.6 Å². The lowest BCUT2D eigenvalue weighted by Crippen LogP contribution is -2.44. The van der Waals surface area contributed by atoms with Gasteiger partial charge in [0.05, 0.1) is 25.7 Å². The maximum absolute atomic E-state index is 12.8. The van der Waals surface area contributed by atoms with Crippen LogP contribution in [0.2, 0.25) is 0 Å². The van der Waals surface area contributed by atoms with Crippen molar-refractivity contribution in [1.29, 1.82) is 0 Å². The molecule has 7 heteroatoms. The van der Waals surface area contributed by atoms with E-state index in [1.54, 1.807) is 0 Å². The second kappa shape index (κ2) is 11.5. The third-order valence-corrected chi connectivity index (χ3v) is 6.27. The van der Waals surface area contributed by atoms with Crippen molar-refractivity contribution in [2.75, 3.05) is 6.61 Å². The van der Waals surface area contributed by atoms with E-state index >= 15 is 0 Å². The summed E-state index contributed by atoms with van der Waals surface area (Å²) in [6, 6.07) is 14.3. The van der Waals surface area contributed by atoms with Crippen LogP contribution in [0.25, 0.3) is 0 Å². The molecule has 3 N–H and O–H groups in total. The molecule has 190 valence electrons. The minimum Gasteiger partial charge on any atom is -0.491 e. The van der Waals surface area contributed by atoms with Gasteiger partial charge in [0.15, 0.2) is 0 Å². The molecule has 0 saturated carbocycles. The van der Waals surface area contributed by atoms with Crippen molar-refractivity contribution >= 4 is 11.8 Å². The van der Waals surface area contributed by atoms with Gasteiger partial charge in [-0.2, -0.15) is 0 Å². The quantitative estimate of drug-likeness (QED) is 0.576. The Morgan fingerprint density at radius 3 is 2.58 bits per heavy atom. The molecule has 0 aromatic heterocycles. The van der Waals surface area contributed by atoms with Gasteiger partial charge in [0.2, 0.25) is 11.8 Å². The predicted octanol–water partition coefficient (Wildman–Crippen LogP) is 4.37. The lowest BCUT2D eigenvalue weighted by molar-refractivity contribution is -0.131. The van der Waals surface area contributed by atoms with E-state index in [0.29, 0.717) is 19.0 Å². The molecule has 36 heavy (non-hydrogen) atoms. The second-order valence-electron chi connectivity index (χ2n) is 9.60. The van der Waals surface area contributed by atoms with Crippen LogP contribution in [0, 0.1) is 6.92 Å². The highest BCUT2D eigenvalue weighted by Gasteiger charge is 2.22. The first-order chi connectivity index (χ1) is 17.3. The normalized spacial score (nSPS) is 20.7. The van der Waals surface area contributed by atoms with E-state index in [1.807, 2.05) is 69.3 Å². The van der Waals surface area contributed by atoms with Gasteiger partial charge in [0.25, 0.3) is 0 Å². The molecule has 0 radical (unpaired) electrons. The van der Waals surface area contributed by atoms with Crippen molar-refractivity contribution in [2.45, 2.75) is 64.9 Å². The Bertz CT molecular complexity index is 1150. The van der Waals surface area contributed by atoms with Crippen LogP contribution in [0.4, 0.5) is 0 Å². The highest BCUT2D eigenvalue weighted by molar-refractivity contribution is 5.96. The minimum atomic E-state index is -0.0632. The third kappa shape index (κ3) is 6.42. The number of carbonyl (C=O) groups excluding carboxylic acids is 1. The van der Waals surface area contributed by atoms with Crippen LogP contribution < -0.4 is 15.8 Å². The Kier molecular flexibility index (Phi) is 8.23. The molecule has 2 aromatic carbocycles. The summed E-state index contributed by atoms with van der Waals surface area (Å²) in [6.45, 7) is 8.79. The summed E-state index contributed by atoms with van der Waals surface area (Å²) in [5, 5.41) is 9.67. The Labute approximate surface area is 213 Å². The largest absolute Gasteiger partial charge is 0.491 e. The summed E-state index contributed by atoms with van der Waals surface area (Å²) in [4.78, 5) is 12.8. The standard InChI is InChI=1S/C29H36N4O3/c1-19(2)36-27-14-13-24(17-20(27)3)29-32-33(28(34)15-16-35-29)18-22-9-11-23(12-10-22)21(4)31-26-8-6-5-7-25(26)30/h5-14,17,19,21,25-26,31H,15-16,18,30H2,1-4H3. The van der Waals surface area contributed by atoms with Gasteiger partial charge in [0.1, 0.15) is 5.75 Å². The third-order valence-electron chi connectivity index (χ3n) is 6.27. The number of hydrogen-bond acceptors (Lipinski definition) is 6. The van der Waals surface area contributed by atoms with Crippen molar-refractivity contribution in [3.8, 4) is 5.75 Å². The molecular weight excluding hydrogens is 452 g/mol. The van der Waals surface area contributed by atoms with Crippen molar-refractivity contribution in [3.05, 3.63) is 89.0 Å². The topological polar surface area (TPSA) is 89.2 Å². The summed E-state index contributed by atoms with van der Waals surface area (Å²) in [6.07, 6.45) is 8.46. The zero-order chi connectivity index (χ0) is 25.7. The minimum absolute atomic E-state index is 0.0391. The van der Waals surface area contributed by atoms with Crippen molar-refractivity contribution in [3.63, 3.8) is 0 Å². The van der Waals surface area contributed by atoms with Crippen LogP contribution in [0.15, 0.2) is 71.9 Å². The fraction of sp³-hybridized carbons (Fsp3) is 0.379. The Hall–Kier alpha value is -3.42. The number of hydrogen-bond donors (Lipinski definition) is 2. The van der Waals surface area contributed by atoms with Crippen LogP contribution >= 0.6 is 0 Å². The lowest BCUT2D eigenvalue weighted by Gasteiger charge is -2.26.